The molecular formula is C17H23N5O4S2. The van der Waals surface area contributed by atoms with Gasteiger partial charge in [-0.2, -0.15) is 17.0 Å². The molecule has 1 amide bonds. The smallest absolute Gasteiger partial charge is 0.281 e. The van der Waals surface area contributed by atoms with E-state index in [0.29, 0.717) is 29.5 Å². The van der Waals surface area contributed by atoms with Crippen molar-refractivity contribution in [2.45, 2.75) is 12.8 Å². The van der Waals surface area contributed by atoms with Crippen molar-refractivity contribution in [2.75, 3.05) is 39.6 Å². The second-order valence-electron chi connectivity index (χ2n) is 6.62. The maximum atomic E-state index is 12.6. The molecule has 1 aliphatic heterocycles. The number of carbonyl (C=O) groups is 1. The Morgan fingerprint density at radius 3 is 2.64 bits per heavy atom. The largest absolute Gasteiger partial charge is 0.497 e. The molecule has 9 nitrogen and oxygen atoms in total. The van der Waals surface area contributed by atoms with Gasteiger partial charge in [0.15, 0.2) is 0 Å². The number of ether oxygens (including phenoxy) is 1. The third kappa shape index (κ3) is 4.49. The first-order chi connectivity index (χ1) is 13.3. The Morgan fingerprint density at radius 1 is 1.29 bits per heavy atom. The summed E-state index contributed by atoms with van der Waals surface area (Å²) < 4.78 is 32.3. The molecule has 0 saturated carbocycles. The average molecular weight is 426 g/mol. The standard InChI is InChI=1S/C17H23N5O4S2/c1-21(2)28(24,25)22-10-4-5-13(11-22)15(23)18-17-20-19-16(27-17)12-6-8-14(26-3)9-7-12/h6-9,13H,4-5,10-11H2,1-3H3,(H,18,20,23). The van der Waals surface area contributed by atoms with Gasteiger partial charge in [0.1, 0.15) is 10.8 Å². The van der Waals surface area contributed by atoms with E-state index in [0.717, 1.165) is 11.3 Å². The molecule has 1 unspecified atom stereocenters. The predicted octanol–water partition coefficient (Wildman–Crippen LogP) is 1.67. The third-order valence-electron chi connectivity index (χ3n) is 4.53. The van der Waals surface area contributed by atoms with Crippen LogP contribution in [0.5, 0.6) is 5.75 Å². The molecule has 2 heterocycles. The van der Waals surface area contributed by atoms with Gasteiger partial charge in [-0.05, 0) is 37.1 Å². The normalized spacial score (nSPS) is 18.2. The van der Waals surface area contributed by atoms with E-state index in [2.05, 4.69) is 15.5 Å². The number of hydrogen-bond acceptors (Lipinski definition) is 7. The van der Waals surface area contributed by atoms with Crippen LogP contribution in [0.25, 0.3) is 10.6 Å². The Morgan fingerprint density at radius 2 is 2.00 bits per heavy atom. The number of nitrogens with zero attached hydrogens (tertiary/aromatic N) is 4. The van der Waals surface area contributed by atoms with E-state index in [1.165, 1.54) is 34.0 Å². The maximum Gasteiger partial charge on any atom is 0.281 e. The van der Waals surface area contributed by atoms with E-state index in [-0.39, 0.29) is 12.5 Å². The van der Waals surface area contributed by atoms with Gasteiger partial charge in [-0.3, -0.25) is 4.79 Å². The first kappa shape index (κ1) is 20.6. The van der Waals surface area contributed by atoms with Crippen LogP contribution in [0.1, 0.15) is 12.8 Å². The van der Waals surface area contributed by atoms with Gasteiger partial charge < -0.3 is 10.1 Å². The van der Waals surface area contributed by atoms with Crippen molar-refractivity contribution in [1.29, 1.82) is 0 Å². The van der Waals surface area contributed by atoms with Gasteiger partial charge in [0.2, 0.25) is 11.0 Å². The summed E-state index contributed by atoms with van der Waals surface area (Å²) >= 11 is 1.27. The number of nitrogens with one attached hydrogen (secondary N) is 1. The summed E-state index contributed by atoms with van der Waals surface area (Å²) in [6.45, 7) is 0.585. The highest BCUT2D eigenvalue weighted by molar-refractivity contribution is 7.86. The molecule has 0 aliphatic carbocycles. The van der Waals surface area contributed by atoms with Crippen LogP contribution < -0.4 is 10.1 Å². The molecule has 1 saturated heterocycles. The number of benzene rings is 1. The van der Waals surface area contributed by atoms with E-state index >= 15 is 0 Å². The molecule has 1 N–H and O–H groups in total. The number of hydrogen-bond donors (Lipinski definition) is 1. The van der Waals surface area contributed by atoms with Crippen molar-refractivity contribution in [2.24, 2.45) is 5.92 Å². The number of amides is 1. The zero-order valence-corrected chi connectivity index (χ0v) is 17.6. The quantitative estimate of drug-likeness (QED) is 0.755. The topological polar surface area (TPSA) is 105 Å². The van der Waals surface area contributed by atoms with Crippen molar-refractivity contribution >= 4 is 32.6 Å². The molecule has 2 aromatic rings. The van der Waals surface area contributed by atoms with Gasteiger partial charge in [-0.25, -0.2) is 0 Å². The highest BCUT2D eigenvalue weighted by Crippen LogP contribution is 2.29. The number of aromatic nitrogens is 2. The third-order valence-corrected chi connectivity index (χ3v) is 7.33. The van der Waals surface area contributed by atoms with Crippen molar-refractivity contribution in [3.8, 4) is 16.3 Å². The van der Waals surface area contributed by atoms with Gasteiger partial charge in [-0.1, -0.05) is 11.3 Å². The molecule has 0 spiro atoms. The Labute approximate surface area is 168 Å². The van der Waals surface area contributed by atoms with Gasteiger partial charge >= 0.3 is 0 Å². The molecule has 1 aromatic heterocycles. The zero-order valence-electron chi connectivity index (χ0n) is 16.0. The summed E-state index contributed by atoms with van der Waals surface area (Å²) in [5.74, 6) is 0.0872. The highest BCUT2D eigenvalue weighted by Gasteiger charge is 2.33. The molecular weight excluding hydrogens is 402 g/mol. The van der Waals surface area contributed by atoms with Crippen LogP contribution in [-0.4, -0.2) is 67.4 Å². The Bertz CT molecular complexity index is 927. The van der Waals surface area contributed by atoms with Gasteiger partial charge in [0.25, 0.3) is 10.2 Å². The summed E-state index contributed by atoms with van der Waals surface area (Å²) in [6.07, 6.45) is 1.27. The lowest BCUT2D eigenvalue weighted by molar-refractivity contribution is -0.120. The molecule has 1 fully saturated rings. The molecule has 1 aliphatic rings. The van der Waals surface area contributed by atoms with Gasteiger partial charge in [0, 0.05) is 32.7 Å². The number of carbonyl (C=O) groups excluding carboxylic acids is 1. The van der Waals surface area contributed by atoms with E-state index < -0.39 is 16.1 Å². The van der Waals surface area contributed by atoms with Gasteiger partial charge in [0.05, 0.1) is 13.0 Å². The molecule has 152 valence electrons. The Kier molecular flexibility index (Phi) is 6.28. The summed E-state index contributed by atoms with van der Waals surface area (Å²) in [6, 6.07) is 7.40. The van der Waals surface area contributed by atoms with Crippen LogP contribution in [0.3, 0.4) is 0 Å². The molecule has 28 heavy (non-hydrogen) atoms. The first-order valence-corrected chi connectivity index (χ1v) is 11.0. The van der Waals surface area contributed by atoms with Crippen LogP contribution in [0.4, 0.5) is 5.13 Å². The van der Waals surface area contributed by atoms with E-state index in [9.17, 15) is 13.2 Å². The SMILES string of the molecule is COc1ccc(-c2nnc(NC(=O)C3CCCN(S(=O)(=O)N(C)C)C3)s2)cc1. The fourth-order valence-corrected chi connectivity index (χ4v) is 4.87. The number of piperidine rings is 1. The lowest BCUT2D eigenvalue weighted by Crippen LogP contribution is -2.47. The first-order valence-electron chi connectivity index (χ1n) is 8.77. The summed E-state index contributed by atoms with van der Waals surface area (Å²) in [5.41, 5.74) is 0.875. The molecule has 1 aromatic carbocycles. The minimum Gasteiger partial charge on any atom is -0.497 e. The minimum absolute atomic E-state index is 0.163. The van der Waals surface area contributed by atoms with Crippen LogP contribution >= 0.6 is 11.3 Å². The zero-order chi connectivity index (χ0) is 20.3. The van der Waals surface area contributed by atoms with Crippen LogP contribution in [0.15, 0.2) is 24.3 Å². The fraction of sp³-hybridized carbons (Fsp3) is 0.471. The van der Waals surface area contributed by atoms with Crippen LogP contribution in [0.2, 0.25) is 0 Å². The average Bonchev–Trinajstić information content (AvgIpc) is 3.16. The number of rotatable bonds is 6. The lowest BCUT2D eigenvalue weighted by Gasteiger charge is -2.32. The summed E-state index contributed by atoms with van der Waals surface area (Å²) in [5, 5.41) is 12.0. The van der Waals surface area contributed by atoms with Gasteiger partial charge in [-0.15, -0.1) is 10.2 Å². The Hall–Kier alpha value is -2.08. The number of anilines is 1. The monoisotopic (exact) mass is 425 g/mol. The Balaban J connectivity index is 1.65. The van der Waals surface area contributed by atoms with E-state index in [1.807, 2.05) is 24.3 Å². The fourth-order valence-electron chi connectivity index (χ4n) is 2.93. The van der Waals surface area contributed by atoms with Crippen LogP contribution in [-0.2, 0) is 15.0 Å². The van der Waals surface area contributed by atoms with Crippen molar-refractivity contribution in [3.63, 3.8) is 0 Å². The van der Waals surface area contributed by atoms with Crippen LogP contribution in [0, 0.1) is 5.92 Å². The second-order valence-corrected chi connectivity index (χ2v) is 9.74. The maximum absolute atomic E-state index is 12.6. The molecule has 1 atom stereocenters. The molecule has 0 radical (unpaired) electrons. The van der Waals surface area contributed by atoms with Crippen molar-refractivity contribution < 1.29 is 17.9 Å². The molecule has 11 heteroatoms. The van der Waals surface area contributed by atoms with Crippen molar-refractivity contribution in [1.82, 2.24) is 18.8 Å². The second kappa shape index (κ2) is 8.52. The summed E-state index contributed by atoms with van der Waals surface area (Å²) in [7, 11) is 1.05. The molecule has 3 rings (SSSR count). The van der Waals surface area contributed by atoms with E-state index in [4.69, 9.17) is 4.74 Å². The molecule has 0 bridgehead atoms. The predicted molar refractivity (Wildman–Crippen MR) is 107 cm³/mol. The lowest BCUT2D eigenvalue weighted by atomic mass is 9.99. The highest BCUT2D eigenvalue weighted by atomic mass is 32.2. The van der Waals surface area contributed by atoms with Crippen molar-refractivity contribution in [3.05, 3.63) is 24.3 Å². The van der Waals surface area contributed by atoms with E-state index in [1.54, 1.807) is 7.11 Å². The minimum atomic E-state index is -3.53. The number of methoxy groups -OCH3 is 1. The summed E-state index contributed by atoms with van der Waals surface area (Å²) in [4.78, 5) is 12.6.